The highest BCUT2D eigenvalue weighted by Crippen LogP contribution is 2.31. The molecular formula is C19H22BrN. The van der Waals surface area contributed by atoms with E-state index in [9.17, 15) is 0 Å². The molecule has 0 bridgehead atoms. The van der Waals surface area contributed by atoms with Crippen LogP contribution in [0.2, 0.25) is 0 Å². The van der Waals surface area contributed by atoms with Crippen LogP contribution in [0.15, 0.2) is 40.9 Å². The van der Waals surface area contributed by atoms with Crippen LogP contribution >= 0.6 is 15.9 Å². The van der Waals surface area contributed by atoms with Crippen molar-refractivity contribution in [3.05, 3.63) is 68.7 Å². The van der Waals surface area contributed by atoms with Gasteiger partial charge in [0, 0.05) is 4.47 Å². The number of hydrogen-bond donors (Lipinski definition) is 1. The first-order chi connectivity index (χ1) is 10.2. The lowest BCUT2D eigenvalue weighted by Gasteiger charge is -2.22. The third-order valence-corrected chi connectivity index (χ3v) is 4.91. The summed E-state index contributed by atoms with van der Waals surface area (Å²) in [5.74, 6) is 0. The van der Waals surface area contributed by atoms with Crippen LogP contribution in [-0.4, -0.2) is 6.54 Å². The number of nitrogens with one attached hydrogen (secondary N) is 1. The minimum atomic E-state index is 0.276. The smallest absolute Gasteiger partial charge is 0.0579 e. The average molecular weight is 344 g/mol. The highest BCUT2D eigenvalue weighted by Gasteiger charge is 2.18. The van der Waals surface area contributed by atoms with Gasteiger partial charge in [0.25, 0.3) is 0 Å². The van der Waals surface area contributed by atoms with Crippen molar-refractivity contribution in [3.63, 3.8) is 0 Å². The second-order valence-electron chi connectivity index (χ2n) is 5.87. The van der Waals surface area contributed by atoms with E-state index in [1.165, 1.54) is 36.0 Å². The maximum absolute atomic E-state index is 3.65. The van der Waals surface area contributed by atoms with E-state index in [1.807, 2.05) is 0 Å². The summed E-state index contributed by atoms with van der Waals surface area (Å²) >= 11 is 3.61. The van der Waals surface area contributed by atoms with Crippen LogP contribution in [0, 0.1) is 6.92 Å². The van der Waals surface area contributed by atoms with Gasteiger partial charge in [-0.15, -0.1) is 0 Å². The minimum absolute atomic E-state index is 0.276. The molecule has 1 aliphatic carbocycles. The zero-order valence-electron chi connectivity index (χ0n) is 12.7. The first-order valence-electron chi connectivity index (χ1n) is 7.80. The van der Waals surface area contributed by atoms with Crippen molar-refractivity contribution in [3.8, 4) is 0 Å². The molecule has 0 aromatic heterocycles. The Morgan fingerprint density at radius 2 is 1.90 bits per heavy atom. The van der Waals surface area contributed by atoms with Crippen LogP contribution in [0.1, 0.15) is 47.2 Å². The summed E-state index contributed by atoms with van der Waals surface area (Å²) in [6, 6.07) is 13.9. The van der Waals surface area contributed by atoms with Gasteiger partial charge in [0.1, 0.15) is 0 Å². The number of rotatable bonds is 4. The zero-order chi connectivity index (χ0) is 14.8. The van der Waals surface area contributed by atoms with E-state index in [0.29, 0.717) is 0 Å². The van der Waals surface area contributed by atoms with E-state index >= 15 is 0 Å². The predicted octanol–water partition coefficient (Wildman–Crippen LogP) is 4.95. The summed E-state index contributed by atoms with van der Waals surface area (Å²) in [4.78, 5) is 0. The van der Waals surface area contributed by atoms with E-state index in [2.05, 4.69) is 71.5 Å². The Morgan fingerprint density at radius 3 is 2.71 bits per heavy atom. The third-order valence-electron chi connectivity index (χ3n) is 4.42. The van der Waals surface area contributed by atoms with E-state index in [1.54, 1.807) is 11.1 Å². The van der Waals surface area contributed by atoms with Crippen LogP contribution in [0.4, 0.5) is 0 Å². The van der Waals surface area contributed by atoms with Gasteiger partial charge in [0.15, 0.2) is 0 Å². The van der Waals surface area contributed by atoms with Gasteiger partial charge in [-0.1, -0.05) is 47.1 Å². The number of aryl methyl sites for hydroxylation is 3. The fourth-order valence-corrected chi connectivity index (χ4v) is 3.68. The molecule has 110 valence electrons. The Balaban J connectivity index is 2.03. The van der Waals surface area contributed by atoms with Crippen molar-refractivity contribution < 1.29 is 0 Å². The molecule has 0 saturated carbocycles. The summed E-state index contributed by atoms with van der Waals surface area (Å²) in [7, 11) is 0. The van der Waals surface area contributed by atoms with E-state index in [0.717, 1.165) is 11.0 Å². The van der Waals surface area contributed by atoms with Crippen molar-refractivity contribution in [1.29, 1.82) is 0 Å². The van der Waals surface area contributed by atoms with Gasteiger partial charge < -0.3 is 5.32 Å². The second-order valence-corrected chi connectivity index (χ2v) is 6.79. The summed E-state index contributed by atoms with van der Waals surface area (Å²) < 4.78 is 1.15. The summed E-state index contributed by atoms with van der Waals surface area (Å²) in [6.45, 7) is 5.33. The molecule has 0 heterocycles. The average Bonchev–Trinajstić information content (AvgIpc) is 2.95. The molecule has 21 heavy (non-hydrogen) atoms. The zero-order valence-corrected chi connectivity index (χ0v) is 14.3. The van der Waals surface area contributed by atoms with Gasteiger partial charge in [-0.05, 0) is 72.7 Å². The van der Waals surface area contributed by atoms with Gasteiger partial charge in [-0.25, -0.2) is 0 Å². The topological polar surface area (TPSA) is 12.0 Å². The van der Waals surface area contributed by atoms with E-state index in [-0.39, 0.29) is 6.04 Å². The summed E-state index contributed by atoms with van der Waals surface area (Å²) in [5.41, 5.74) is 7.18. The van der Waals surface area contributed by atoms with Gasteiger partial charge in [-0.2, -0.15) is 0 Å². The number of fused-ring (bicyclic) bond motifs is 1. The molecule has 0 radical (unpaired) electrons. The monoisotopic (exact) mass is 343 g/mol. The Hall–Kier alpha value is -1.12. The van der Waals surface area contributed by atoms with Crippen LogP contribution < -0.4 is 5.32 Å². The Kier molecular flexibility index (Phi) is 4.46. The van der Waals surface area contributed by atoms with Crippen LogP contribution in [0.3, 0.4) is 0 Å². The van der Waals surface area contributed by atoms with Gasteiger partial charge >= 0.3 is 0 Å². The molecule has 0 amide bonds. The standard InChI is InChI=1S/C19H22BrN/c1-3-21-19(18-12-17(20)10-7-13(18)2)16-9-8-14-5-4-6-15(14)11-16/h7-12,19,21H,3-6H2,1-2H3. The SMILES string of the molecule is CCNC(c1ccc2c(c1)CCC2)c1cc(Br)ccc1C. The largest absolute Gasteiger partial charge is 0.307 e. The van der Waals surface area contributed by atoms with Crippen LogP contribution in [-0.2, 0) is 12.8 Å². The molecule has 0 spiro atoms. The normalized spacial score (nSPS) is 15.0. The molecule has 1 aliphatic rings. The molecule has 0 fully saturated rings. The molecule has 1 unspecified atom stereocenters. The molecule has 0 aliphatic heterocycles. The first kappa shape index (κ1) is 14.8. The molecule has 2 aromatic rings. The van der Waals surface area contributed by atoms with Gasteiger partial charge in [0.05, 0.1) is 6.04 Å². The number of benzene rings is 2. The van der Waals surface area contributed by atoms with Crippen molar-refractivity contribution in [2.24, 2.45) is 0 Å². The highest BCUT2D eigenvalue weighted by molar-refractivity contribution is 9.10. The van der Waals surface area contributed by atoms with Crippen molar-refractivity contribution in [1.82, 2.24) is 5.32 Å². The highest BCUT2D eigenvalue weighted by atomic mass is 79.9. The summed E-state index contributed by atoms with van der Waals surface area (Å²) in [6.07, 6.45) is 3.79. The quantitative estimate of drug-likeness (QED) is 0.828. The predicted molar refractivity (Wildman–Crippen MR) is 92.9 cm³/mol. The molecule has 3 rings (SSSR count). The maximum atomic E-state index is 3.65. The van der Waals surface area contributed by atoms with E-state index in [4.69, 9.17) is 0 Å². The number of hydrogen-bond acceptors (Lipinski definition) is 1. The van der Waals surface area contributed by atoms with Gasteiger partial charge in [0.2, 0.25) is 0 Å². The third kappa shape index (κ3) is 3.07. The molecular weight excluding hydrogens is 322 g/mol. The molecule has 0 saturated heterocycles. The van der Waals surface area contributed by atoms with Crippen molar-refractivity contribution in [2.75, 3.05) is 6.54 Å². The molecule has 1 atom stereocenters. The lowest BCUT2D eigenvalue weighted by atomic mass is 9.93. The maximum Gasteiger partial charge on any atom is 0.0579 e. The molecule has 2 heteroatoms. The lowest BCUT2D eigenvalue weighted by molar-refractivity contribution is 0.627. The molecule has 2 aromatic carbocycles. The van der Waals surface area contributed by atoms with Gasteiger partial charge in [-0.3, -0.25) is 0 Å². The fraction of sp³-hybridized carbons (Fsp3) is 0.368. The summed E-state index contributed by atoms with van der Waals surface area (Å²) in [5, 5.41) is 3.65. The van der Waals surface area contributed by atoms with Crippen molar-refractivity contribution >= 4 is 15.9 Å². The molecule has 1 nitrogen and oxygen atoms in total. The number of halogens is 1. The Morgan fingerprint density at radius 1 is 1.10 bits per heavy atom. The van der Waals surface area contributed by atoms with E-state index < -0.39 is 0 Å². The van der Waals surface area contributed by atoms with Crippen LogP contribution in [0.5, 0.6) is 0 Å². The minimum Gasteiger partial charge on any atom is -0.307 e. The molecule has 1 N–H and O–H groups in total. The van der Waals surface area contributed by atoms with Crippen molar-refractivity contribution in [2.45, 2.75) is 39.2 Å². The Bertz CT molecular complexity index is 648. The lowest BCUT2D eigenvalue weighted by Crippen LogP contribution is -2.23. The fourth-order valence-electron chi connectivity index (χ4n) is 3.31. The van der Waals surface area contributed by atoms with Crippen LogP contribution in [0.25, 0.3) is 0 Å². The first-order valence-corrected chi connectivity index (χ1v) is 8.59. The second kappa shape index (κ2) is 6.33. The Labute approximate surface area is 135 Å².